The van der Waals surface area contributed by atoms with E-state index in [2.05, 4.69) is 9.80 Å². The lowest BCUT2D eigenvalue weighted by Gasteiger charge is -2.33. The largest absolute Gasteiger partial charge is 0.493 e. The van der Waals surface area contributed by atoms with Crippen LogP contribution < -0.4 is 4.74 Å². The maximum absolute atomic E-state index is 13.1. The van der Waals surface area contributed by atoms with Crippen molar-refractivity contribution in [3.8, 4) is 5.75 Å². The van der Waals surface area contributed by atoms with E-state index in [9.17, 15) is 13.2 Å². The second-order valence-corrected chi connectivity index (χ2v) is 9.33. The Morgan fingerprint density at radius 1 is 0.964 bits per heavy atom. The van der Waals surface area contributed by atoms with E-state index in [1.807, 2.05) is 21.0 Å². The lowest BCUT2D eigenvalue weighted by molar-refractivity contribution is 0.0660. The highest BCUT2D eigenvalue weighted by atomic mass is 32.2. The number of amides is 1. The molecular weight excluding hydrogens is 380 g/mol. The first kappa shape index (κ1) is 21.0. The molecular formula is C19H30N4O4S. The molecule has 8 nitrogen and oxygen atoms in total. The number of carbonyl (C=O) groups excluding carboxylic acids is 1. The topological polar surface area (TPSA) is 73.4 Å². The van der Waals surface area contributed by atoms with Crippen LogP contribution in [-0.4, -0.2) is 106 Å². The summed E-state index contributed by atoms with van der Waals surface area (Å²) < 4.78 is 33.3. The summed E-state index contributed by atoms with van der Waals surface area (Å²) in [4.78, 5) is 19.3. The van der Waals surface area contributed by atoms with Crippen LogP contribution in [0.3, 0.4) is 0 Å². The van der Waals surface area contributed by atoms with Crippen molar-refractivity contribution in [1.29, 1.82) is 0 Å². The fraction of sp³-hybridized carbons (Fsp3) is 0.632. The summed E-state index contributed by atoms with van der Waals surface area (Å²) >= 11 is 0. The van der Waals surface area contributed by atoms with E-state index in [4.69, 9.17) is 4.74 Å². The van der Waals surface area contributed by atoms with Crippen molar-refractivity contribution >= 4 is 15.9 Å². The summed E-state index contributed by atoms with van der Waals surface area (Å²) in [5, 5.41) is 0. The van der Waals surface area contributed by atoms with Gasteiger partial charge < -0.3 is 19.4 Å². The highest BCUT2D eigenvalue weighted by Crippen LogP contribution is 2.27. The van der Waals surface area contributed by atoms with Crippen molar-refractivity contribution in [3.05, 3.63) is 23.8 Å². The Hall–Kier alpha value is -1.68. The number of likely N-dealkylation sites (N-methyl/N-ethyl adjacent to an activating group) is 2. The van der Waals surface area contributed by atoms with Gasteiger partial charge in [-0.1, -0.05) is 0 Å². The van der Waals surface area contributed by atoms with Gasteiger partial charge in [-0.15, -0.1) is 0 Å². The Kier molecular flexibility index (Phi) is 6.59. The maximum Gasteiger partial charge on any atom is 0.257 e. The van der Waals surface area contributed by atoms with Crippen LogP contribution >= 0.6 is 0 Å². The van der Waals surface area contributed by atoms with E-state index in [0.29, 0.717) is 57.2 Å². The van der Waals surface area contributed by atoms with Gasteiger partial charge in [0.25, 0.3) is 5.91 Å². The first-order chi connectivity index (χ1) is 13.3. The molecule has 1 amide bonds. The summed E-state index contributed by atoms with van der Waals surface area (Å²) in [5.74, 6) is 0.260. The third kappa shape index (κ3) is 4.48. The van der Waals surface area contributed by atoms with E-state index in [-0.39, 0.29) is 10.8 Å². The van der Waals surface area contributed by atoms with Crippen molar-refractivity contribution in [2.45, 2.75) is 11.8 Å². The summed E-state index contributed by atoms with van der Waals surface area (Å²) in [7, 11) is 0.364. The summed E-state index contributed by atoms with van der Waals surface area (Å²) in [5.41, 5.74) is 0.321. The number of piperazine rings is 2. The third-order valence-electron chi connectivity index (χ3n) is 5.37. The van der Waals surface area contributed by atoms with E-state index in [1.165, 1.54) is 10.4 Å². The summed E-state index contributed by atoms with van der Waals surface area (Å²) in [6.07, 6.45) is 0. The van der Waals surface area contributed by atoms with E-state index >= 15 is 0 Å². The lowest BCUT2D eigenvalue weighted by Crippen LogP contribution is -2.47. The first-order valence-corrected chi connectivity index (χ1v) is 11.2. The van der Waals surface area contributed by atoms with Gasteiger partial charge >= 0.3 is 0 Å². The predicted octanol–water partition coefficient (Wildman–Crippen LogP) is 0.409. The van der Waals surface area contributed by atoms with Gasteiger partial charge in [-0.2, -0.15) is 4.31 Å². The molecule has 0 spiro atoms. The van der Waals surface area contributed by atoms with Crippen molar-refractivity contribution in [2.24, 2.45) is 0 Å². The molecule has 0 aliphatic carbocycles. The molecule has 2 heterocycles. The van der Waals surface area contributed by atoms with Gasteiger partial charge in [0.15, 0.2) is 0 Å². The fourth-order valence-electron chi connectivity index (χ4n) is 3.48. The molecule has 1 aromatic carbocycles. The molecule has 2 fully saturated rings. The molecule has 0 radical (unpaired) electrons. The minimum absolute atomic E-state index is 0.151. The van der Waals surface area contributed by atoms with E-state index in [1.54, 1.807) is 17.0 Å². The Morgan fingerprint density at radius 2 is 1.54 bits per heavy atom. The minimum Gasteiger partial charge on any atom is -0.493 e. The van der Waals surface area contributed by atoms with Gasteiger partial charge in [-0.3, -0.25) is 4.79 Å². The molecule has 0 aromatic heterocycles. The Bertz CT molecular complexity index is 798. The molecule has 0 saturated carbocycles. The van der Waals surface area contributed by atoms with Crippen LogP contribution in [0.25, 0.3) is 0 Å². The highest BCUT2D eigenvalue weighted by molar-refractivity contribution is 7.89. The molecule has 0 bridgehead atoms. The molecule has 156 valence electrons. The van der Waals surface area contributed by atoms with Gasteiger partial charge in [0.2, 0.25) is 10.0 Å². The monoisotopic (exact) mass is 410 g/mol. The van der Waals surface area contributed by atoms with Crippen LogP contribution in [0.5, 0.6) is 5.75 Å². The van der Waals surface area contributed by atoms with Crippen molar-refractivity contribution < 1.29 is 17.9 Å². The average molecular weight is 411 g/mol. The number of ether oxygens (including phenoxy) is 1. The average Bonchev–Trinajstić information content (AvgIpc) is 2.69. The molecule has 0 N–H and O–H groups in total. The van der Waals surface area contributed by atoms with Crippen LogP contribution in [0.15, 0.2) is 23.1 Å². The maximum atomic E-state index is 13.1. The number of hydrogen-bond donors (Lipinski definition) is 0. The number of sulfonamides is 1. The van der Waals surface area contributed by atoms with Crippen molar-refractivity contribution in [1.82, 2.24) is 19.0 Å². The van der Waals surface area contributed by atoms with Gasteiger partial charge in [-0.05, 0) is 39.2 Å². The molecule has 0 unspecified atom stereocenters. The van der Waals surface area contributed by atoms with E-state index < -0.39 is 10.0 Å². The standard InChI is InChI=1S/C19H30N4O4S/c1-4-27-18-6-5-16(28(25,26)23-13-9-21(3)10-14-23)15-17(18)19(24)22-11-7-20(2)8-12-22/h5-6,15H,4,7-14H2,1-3H3. The Morgan fingerprint density at radius 3 is 2.11 bits per heavy atom. The molecule has 1 aromatic rings. The molecule has 2 saturated heterocycles. The van der Waals surface area contributed by atoms with E-state index in [0.717, 1.165) is 13.1 Å². The number of nitrogens with zero attached hydrogens (tertiary/aromatic N) is 4. The molecule has 2 aliphatic heterocycles. The van der Waals surface area contributed by atoms with Crippen LogP contribution in [-0.2, 0) is 10.0 Å². The van der Waals surface area contributed by atoms with Gasteiger partial charge in [0.1, 0.15) is 5.75 Å². The third-order valence-corrected chi connectivity index (χ3v) is 7.27. The highest BCUT2D eigenvalue weighted by Gasteiger charge is 2.30. The summed E-state index contributed by atoms with van der Waals surface area (Å²) in [6.45, 7) is 7.40. The quantitative estimate of drug-likeness (QED) is 0.700. The Labute approximate surface area is 167 Å². The minimum atomic E-state index is -3.64. The summed E-state index contributed by atoms with van der Waals surface area (Å²) in [6, 6.07) is 4.63. The number of rotatable bonds is 5. The molecule has 2 aliphatic rings. The zero-order valence-corrected chi connectivity index (χ0v) is 17.7. The molecule has 3 rings (SSSR count). The molecule has 9 heteroatoms. The normalized spacial score (nSPS) is 20.3. The van der Waals surface area contributed by atoms with Gasteiger partial charge in [0, 0.05) is 52.4 Å². The van der Waals surface area contributed by atoms with Crippen LogP contribution in [0, 0.1) is 0 Å². The zero-order valence-electron chi connectivity index (χ0n) is 16.9. The SMILES string of the molecule is CCOc1ccc(S(=O)(=O)N2CCN(C)CC2)cc1C(=O)N1CCN(C)CC1. The fourth-order valence-corrected chi connectivity index (χ4v) is 4.92. The van der Waals surface area contributed by atoms with Crippen molar-refractivity contribution in [3.63, 3.8) is 0 Å². The van der Waals surface area contributed by atoms with Gasteiger partial charge in [-0.25, -0.2) is 8.42 Å². The Balaban J connectivity index is 1.89. The van der Waals surface area contributed by atoms with Crippen LogP contribution in [0.2, 0.25) is 0 Å². The number of hydrogen-bond acceptors (Lipinski definition) is 6. The first-order valence-electron chi connectivity index (χ1n) is 9.76. The van der Waals surface area contributed by atoms with Crippen LogP contribution in [0.4, 0.5) is 0 Å². The molecule has 0 atom stereocenters. The smallest absolute Gasteiger partial charge is 0.257 e. The predicted molar refractivity (Wildman–Crippen MR) is 107 cm³/mol. The second kappa shape index (κ2) is 8.77. The number of benzene rings is 1. The van der Waals surface area contributed by atoms with Crippen LogP contribution in [0.1, 0.15) is 17.3 Å². The lowest BCUT2D eigenvalue weighted by atomic mass is 10.1. The van der Waals surface area contributed by atoms with Gasteiger partial charge in [0.05, 0.1) is 17.1 Å². The second-order valence-electron chi connectivity index (χ2n) is 7.39. The number of carbonyl (C=O) groups is 1. The van der Waals surface area contributed by atoms with Crippen molar-refractivity contribution in [2.75, 3.05) is 73.1 Å². The molecule has 28 heavy (non-hydrogen) atoms. The zero-order chi connectivity index (χ0) is 20.3.